The molecule has 1 amide bonds. The SMILES string of the molecule is CC(C)(C)N1Cc2cc(NC3NN([C@H]4CCCC[C@@H]4C#N)C4CCNC(=O)C34)ccc2S1(=O)=O. The van der Waals surface area contributed by atoms with Crippen LogP contribution in [0.1, 0.15) is 58.4 Å². The van der Waals surface area contributed by atoms with Gasteiger partial charge in [0.15, 0.2) is 0 Å². The molecule has 0 radical (unpaired) electrons. The van der Waals surface area contributed by atoms with E-state index in [0.717, 1.165) is 43.4 Å². The van der Waals surface area contributed by atoms with Gasteiger partial charge in [0.05, 0.1) is 22.8 Å². The number of carbonyl (C=O) groups is 1. The second kappa shape index (κ2) is 8.48. The number of benzene rings is 1. The number of fused-ring (bicyclic) bond motifs is 2. The maximum Gasteiger partial charge on any atom is 0.244 e. The Hall–Kier alpha value is -2.19. The molecule has 1 aromatic carbocycles. The molecule has 184 valence electrons. The highest BCUT2D eigenvalue weighted by molar-refractivity contribution is 7.89. The summed E-state index contributed by atoms with van der Waals surface area (Å²) in [6.07, 6.45) is 4.50. The Morgan fingerprint density at radius 3 is 2.65 bits per heavy atom. The molecule has 2 saturated heterocycles. The number of anilines is 1. The average molecular weight is 487 g/mol. The third-order valence-electron chi connectivity index (χ3n) is 7.73. The first-order chi connectivity index (χ1) is 16.1. The number of sulfonamides is 1. The summed E-state index contributed by atoms with van der Waals surface area (Å²) < 4.78 is 27.5. The number of nitrogens with zero attached hydrogens (tertiary/aromatic N) is 3. The molecule has 3 aliphatic heterocycles. The van der Waals surface area contributed by atoms with Gasteiger partial charge in [0, 0.05) is 36.4 Å². The fraction of sp³-hybridized carbons (Fsp3) is 0.667. The van der Waals surface area contributed by atoms with Crippen molar-refractivity contribution in [3.63, 3.8) is 0 Å². The summed E-state index contributed by atoms with van der Waals surface area (Å²) in [7, 11) is -3.52. The molecule has 0 bridgehead atoms. The molecule has 0 spiro atoms. The Morgan fingerprint density at radius 2 is 1.91 bits per heavy atom. The van der Waals surface area contributed by atoms with Gasteiger partial charge in [-0.05, 0) is 63.8 Å². The molecule has 3 N–H and O–H groups in total. The summed E-state index contributed by atoms with van der Waals surface area (Å²) in [5.74, 6) is -0.326. The van der Waals surface area contributed by atoms with Crippen LogP contribution >= 0.6 is 0 Å². The first kappa shape index (κ1) is 23.5. The standard InChI is InChI=1S/C24H34N6O3S/c1-24(2,3)29-14-16-12-17(8-9-20(16)34(29,32)33)27-22-21-19(10-11-26-23(21)31)30(28-22)18-7-5-4-6-15(18)13-25/h8-9,12,15,18-19,21-22,27-28H,4-7,10-11,14H2,1-3H3,(H,26,31)/t15-,18+,19?,21?,22?/m1/s1. The Bertz CT molecular complexity index is 1120. The van der Waals surface area contributed by atoms with Gasteiger partial charge in [-0.3, -0.25) is 4.79 Å². The molecule has 3 heterocycles. The fourth-order valence-electron chi connectivity index (χ4n) is 6.08. The van der Waals surface area contributed by atoms with Crippen LogP contribution in [0.4, 0.5) is 5.69 Å². The Kier molecular flexibility index (Phi) is 5.88. The lowest BCUT2D eigenvalue weighted by molar-refractivity contribution is -0.128. The Morgan fingerprint density at radius 1 is 1.15 bits per heavy atom. The number of hydrazine groups is 1. The minimum absolute atomic E-state index is 0.00992. The number of piperidine rings is 1. The first-order valence-electron chi connectivity index (χ1n) is 12.3. The summed E-state index contributed by atoms with van der Waals surface area (Å²) in [5, 5.41) is 18.4. The van der Waals surface area contributed by atoms with E-state index in [1.165, 1.54) is 4.31 Å². The van der Waals surface area contributed by atoms with Gasteiger partial charge in [-0.15, -0.1) is 0 Å². The maximum absolute atomic E-state index is 13.0. The van der Waals surface area contributed by atoms with Gasteiger partial charge in [0.1, 0.15) is 6.17 Å². The van der Waals surface area contributed by atoms with Crippen molar-refractivity contribution in [2.24, 2.45) is 11.8 Å². The van der Waals surface area contributed by atoms with Gasteiger partial charge in [-0.1, -0.05) is 12.8 Å². The topological polar surface area (TPSA) is 118 Å². The molecule has 5 atom stereocenters. The van der Waals surface area contributed by atoms with Crippen molar-refractivity contribution in [3.8, 4) is 6.07 Å². The van der Waals surface area contributed by atoms with Gasteiger partial charge in [-0.25, -0.2) is 18.9 Å². The van der Waals surface area contributed by atoms with Crippen molar-refractivity contribution in [2.45, 2.75) is 88.1 Å². The maximum atomic E-state index is 13.0. The van der Waals surface area contributed by atoms with Crippen LogP contribution in [0.25, 0.3) is 0 Å². The summed E-state index contributed by atoms with van der Waals surface area (Å²) in [4.78, 5) is 13.3. The minimum Gasteiger partial charge on any atom is -0.368 e. The van der Waals surface area contributed by atoms with Gasteiger partial charge in [0.2, 0.25) is 15.9 Å². The zero-order valence-electron chi connectivity index (χ0n) is 20.0. The molecule has 1 aliphatic carbocycles. The number of nitrogens with one attached hydrogen (secondary N) is 3. The van der Waals surface area contributed by atoms with Crippen LogP contribution in [0.2, 0.25) is 0 Å². The molecular formula is C24H34N6O3S. The number of hydrogen-bond acceptors (Lipinski definition) is 7. The van der Waals surface area contributed by atoms with Crippen LogP contribution in [0.5, 0.6) is 0 Å². The minimum atomic E-state index is -3.52. The smallest absolute Gasteiger partial charge is 0.244 e. The van der Waals surface area contributed by atoms with Gasteiger partial charge >= 0.3 is 0 Å². The van der Waals surface area contributed by atoms with Crippen molar-refractivity contribution in [1.82, 2.24) is 20.1 Å². The van der Waals surface area contributed by atoms with Crippen molar-refractivity contribution < 1.29 is 13.2 Å². The van der Waals surface area contributed by atoms with E-state index >= 15 is 0 Å². The molecule has 34 heavy (non-hydrogen) atoms. The lowest BCUT2D eigenvalue weighted by atomic mass is 9.83. The van der Waals surface area contributed by atoms with E-state index in [9.17, 15) is 18.5 Å². The summed E-state index contributed by atoms with van der Waals surface area (Å²) in [6, 6.07) is 7.94. The zero-order chi connectivity index (χ0) is 24.3. The number of nitriles is 1. The number of amides is 1. The molecule has 4 aliphatic rings. The van der Waals surface area contributed by atoms with E-state index in [1.54, 1.807) is 12.1 Å². The first-order valence-corrected chi connectivity index (χ1v) is 13.7. The molecule has 3 fully saturated rings. The lowest BCUT2D eigenvalue weighted by Crippen LogP contribution is -2.54. The van der Waals surface area contributed by atoms with Crippen LogP contribution in [0.3, 0.4) is 0 Å². The second-order valence-corrected chi connectivity index (χ2v) is 12.8. The van der Waals surface area contributed by atoms with Crippen molar-refractivity contribution in [3.05, 3.63) is 23.8 Å². The monoisotopic (exact) mass is 486 g/mol. The molecule has 3 unspecified atom stereocenters. The second-order valence-electron chi connectivity index (χ2n) is 10.9. The van der Waals surface area contributed by atoms with Crippen LogP contribution < -0.4 is 16.1 Å². The normalized spacial score (nSPS) is 33.6. The Balaban J connectivity index is 1.41. The summed E-state index contributed by atoms with van der Waals surface area (Å²) in [5.41, 5.74) is 4.57. The number of rotatable bonds is 3. The molecule has 5 rings (SSSR count). The molecule has 1 aromatic rings. The van der Waals surface area contributed by atoms with Crippen LogP contribution in [-0.2, 0) is 21.4 Å². The van der Waals surface area contributed by atoms with Gasteiger partial charge < -0.3 is 10.6 Å². The highest BCUT2D eigenvalue weighted by Crippen LogP contribution is 2.39. The average Bonchev–Trinajstić information content (AvgIpc) is 3.29. The van der Waals surface area contributed by atoms with E-state index in [4.69, 9.17) is 0 Å². The fourth-order valence-corrected chi connectivity index (χ4v) is 8.04. The third kappa shape index (κ3) is 3.88. The highest BCUT2D eigenvalue weighted by Gasteiger charge is 2.51. The molecule has 9 nitrogen and oxygen atoms in total. The van der Waals surface area contributed by atoms with Crippen molar-refractivity contribution in [2.75, 3.05) is 11.9 Å². The molecule has 0 aromatic heterocycles. The van der Waals surface area contributed by atoms with Crippen LogP contribution in [0.15, 0.2) is 23.1 Å². The third-order valence-corrected chi connectivity index (χ3v) is 9.94. The zero-order valence-corrected chi connectivity index (χ0v) is 20.9. The Labute approximate surface area is 201 Å². The van der Waals surface area contributed by atoms with Gasteiger partial charge in [-0.2, -0.15) is 9.57 Å². The van der Waals surface area contributed by atoms with Crippen molar-refractivity contribution >= 4 is 21.6 Å². The van der Waals surface area contributed by atoms with Gasteiger partial charge in [0.25, 0.3) is 0 Å². The number of hydrogen-bond donors (Lipinski definition) is 3. The highest BCUT2D eigenvalue weighted by atomic mass is 32.2. The molecule has 10 heteroatoms. The van der Waals surface area contributed by atoms with E-state index in [-0.39, 0.29) is 36.0 Å². The van der Waals surface area contributed by atoms with Crippen LogP contribution in [-0.4, -0.2) is 54.0 Å². The quantitative estimate of drug-likeness (QED) is 0.599. The van der Waals surface area contributed by atoms with E-state index in [1.807, 2.05) is 26.8 Å². The molecule has 1 saturated carbocycles. The summed E-state index contributed by atoms with van der Waals surface area (Å²) in [6.45, 7) is 6.66. The predicted octanol–water partition coefficient (Wildman–Crippen LogP) is 2.13. The van der Waals surface area contributed by atoms with E-state index < -0.39 is 15.6 Å². The van der Waals surface area contributed by atoms with E-state index in [0.29, 0.717) is 18.0 Å². The lowest BCUT2D eigenvalue weighted by Gasteiger charge is -2.39. The predicted molar refractivity (Wildman–Crippen MR) is 128 cm³/mol. The van der Waals surface area contributed by atoms with Crippen molar-refractivity contribution in [1.29, 1.82) is 5.26 Å². The summed E-state index contributed by atoms with van der Waals surface area (Å²) >= 11 is 0. The molecular weight excluding hydrogens is 452 g/mol. The number of carbonyl (C=O) groups excluding carboxylic acids is 1. The largest absolute Gasteiger partial charge is 0.368 e. The van der Waals surface area contributed by atoms with E-state index in [2.05, 4.69) is 27.1 Å². The van der Waals surface area contributed by atoms with Crippen LogP contribution in [0, 0.1) is 23.2 Å².